The predicted molar refractivity (Wildman–Crippen MR) is 140 cm³/mol. The minimum absolute atomic E-state index is 0.217. The van der Waals surface area contributed by atoms with Crippen LogP contribution in [0.5, 0.6) is 0 Å². The van der Waals surface area contributed by atoms with Crippen molar-refractivity contribution in [1.29, 1.82) is 0 Å². The van der Waals surface area contributed by atoms with Crippen LogP contribution in [0.3, 0.4) is 0 Å². The lowest BCUT2D eigenvalue weighted by atomic mass is 10.0. The highest BCUT2D eigenvalue weighted by Gasteiger charge is 2.42. The van der Waals surface area contributed by atoms with Gasteiger partial charge in [0.05, 0.1) is 17.3 Å². The second kappa shape index (κ2) is 9.23. The normalized spacial score (nSPS) is 17.3. The maximum Gasteiger partial charge on any atom is 0.335 e. The molecule has 2 N–H and O–H groups in total. The molecule has 1 aliphatic heterocycles. The van der Waals surface area contributed by atoms with Gasteiger partial charge in [-0.15, -0.1) is 0 Å². The third-order valence-corrected chi connectivity index (χ3v) is 6.39. The summed E-state index contributed by atoms with van der Waals surface area (Å²) in [6, 6.07) is 24.0. The van der Waals surface area contributed by atoms with Gasteiger partial charge in [0.15, 0.2) is 5.11 Å². The number of carboxylic acids is 1. The van der Waals surface area contributed by atoms with Crippen molar-refractivity contribution in [3.05, 3.63) is 102 Å². The molecular formula is C27H24N4O3S. The summed E-state index contributed by atoms with van der Waals surface area (Å²) in [5.74, 6) is 0.413. The summed E-state index contributed by atoms with van der Waals surface area (Å²) in [5, 5.41) is 13.2. The van der Waals surface area contributed by atoms with Gasteiger partial charge in [-0.25, -0.2) is 4.79 Å². The van der Waals surface area contributed by atoms with E-state index in [1.54, 1.807) is 30.5 Å². The van der Waals surface area contributed by atoms with Gasteiger partial charge in [0.1, 0.15) is 17.6 Å². The molecule has 176 valence electrons. The molecule has 35 heavy (non-hydrogen) atoms. The number of nitrogens with zero attached hydrogens (tertiary/aromatic N) is 3. The Morgan fingerprint density at radius 1 is 1.03 bits per heavy atom. The Kier molecular flexibility index (Phi) is 5.96. The van der Waals surface area contributed by atoms with Crippen LogP contribution in [0.1, 0.15) is 33.9 Å². The minimum Gasteiger partial charge on any atom is -0.478 e. The van der Waals surface area contributed by atoms with Gasteiger partial charge in [0.2, 0.25) is 0 Å². The molecule has 2 atom stereocenters. The summed E-state index contributed by atoms with van der Waals surface area (Å²) in [4.78, 5) is 19.9. The van der Waals surface area contributed by atoms with Gasteiger partial charge >= 0.3 is 5.97 Å². The van der Waals surface area contributed by atoms with E-state index in [1.165, 1.54) is 0 Å². The number of carboxylic acid groups (broad SMARTS) is 1. The third kappa shape index (κ3) is 4.36. The summed E-state index contributed by atoms with van der Waals surface area (Å²) in [6.45, 7) is 0. The highest BCUT2D eigenvalue weighted by molar-refractivity contribution is 7.80. The van der Waals surface area contributed by atoms with Crippen LogP contribution in [0, 0.1) is 0 Å². The lowest BCUT2D eigenvalue weighted by Crippen LogP contribution is -2.29. The fourth-order valence-corrected chi connectivity index (χ4v) is 4.62. The van der Waals surface area contributed by atoms with Crippen molar-refractivity contribution in [2.24, 2.45) is 0 Å². The zero-order chi connectivity index (χ0) is 24.5. The Bertz CT molecular complexity index is 1350. The Labute approximate surface area is 208 Å². The molecule has 0 spiro atoms. The van der Waals surface area contributed by atoms with Crippen molar-refractivity contribution in [3.8, 4) is 11.3 Å². The SMILES string of the molecule is CN(C)c1ccc(N2C(=S)N[C@@H](c3ccccn3)[C@H]2c2ccc(-c3ccc(C(=O)O)cc3)o2)cc1. The van der Waals surface area contributed by atoms with Gasteiger partial charge in [-0.3, -0.25) is 4.98 Å². The molecule has 4 aromatic rings. The summed E-state index contributed by atoms with van der Waals surface area (Å²) in [7, 11) is 4.01. The van der Waals surface area contributed by atoms with Crippen LogP contribution in [0.25, 0.3) is 11.3 Å². The molecule has 1 fully saturated rings. The number of thiocarbonyl (C=S) groups is 1. The lowest BCUT2D eigenvalue weighted by molar-refractivity contribution is 0.0697. The second-order valence-electron chi connectivity index (χ2n) is 8.49. The molecule has 1 saturated heterocycles. The molecule has 0 saturated carbocycles. The molecule has 7 nitrogen and oxygen atoms in total. The number of aromatic nitrogens is 1. The number of rotatable bonds is 6. The van der Waals surface area contributed by atoms with Gasteiger partial charge in [-0.2, -0.15) is 0 Å². The summed E-state index contributed by atoms with van der Waals surface area (Å²) in [6.07, 6.45) is 1.77. The van der Waals surface area contributed by atoms with Gasteiger partial charge in [-0.1, -0.05) is 18.2 Å². The Morgan fingerprint density at radius 3 is 2.40 bits per heavy atom. The Morgan fingerprint density at radius 2 is 1.77 bits per heavy atom. The van der Waals surface area contributed by atoms with Crippen molar-refractivity contribution in [2.75, 3.05) is 23.9 Å². The van der Waals surface area contributed by atoms with E-state index in [2.05, 4.69) is 27.3 Å². The largest absolute Gasteiger partial charge is 0.478 e. The number of pyridine rings is 1. The predicted octanol–water partition coefficient (Wildman–Crippen LogP) is 5.28. The van der Waals surface area contributed by atoms with Crippen molar-refractivity contribution in [1.82, 2.24) is 10.3 Å². The smallest absolute Gasteiger partial charge is 0.335 e. The van der Waals surface area contributed by atoms with Crippen LogP contribution in [-0.2, 0) is 0 Å². The fourth-order valence-electron chi connectivity index (χ4n) is 4.28. The third-order valence-electron chi connectivity index (χ3n) is 6.08. The molecule has 0 radical (unpaired) electrons. The van der Waals surface area contributed by atoms with Crippen LogP contribution in [0.15, 0.2) is 89.5 Å². The fraction of sp³-hybridized carbons (Fsp3) is 0.148. The van der Waals surface area contributed by atoms with Gasteiger partial charge in [-0.05, 0) is 72.9 Å². The first-order valence-corrected chi connectivity index (χ1v) is 11.5. The van der Waals surface area contributed by atoms with E-state index < -0.39 is 5.97 Å². The molecule has 0 amide bonds. The zero-order valence-electron chi connectivity index (χ0n) is 19.3. The highest BCUT2D eigenvalue weighted by Crippen LogP contribution is 2.43. The van der Waals surface area contributed by atoms with E-state index in [-0.39, 0.29) is 17.6 Å². The molecule has 2 aromatic heterocycles. The van der Waals surface area contributed by atoms with Gasteiger partial charge < -0.3 is 24.6 Å². The number of hydrogen-bond donors (Lipinski definition) is 2. The van der Waals surface area contributed by atoms with E-state index in [0.717, 1.165) is 28.4 Å². The average molecular weight is 485 g/mol. The van der Waals surface area contributed by atoms with E-state index in [9.17, 15) is 9.90 Å². The van der Waals surface area contributed by atoms with Crippen LogP contribution in [-0.4, -0.2) is 35.3 Å². The summed E-state index contributed by atoms with van der Waals surface area (Å²) >= 11 is 5.78. The molecule has 0 bridgehead atoms. The van der Waals surface area contributed by atoms with Crippen molar-refractivity contribution in [3.63, 3.8) is 0 Å². The molecular weight excluding hydrogens is 460 g/mol. The van der Waals surface area contributed by atoms with E-state index >= 15 is 0 Å². The minimum atomic E-state index is -0.962. The average Bonchev–Trinajstić information content (AvgIpc) is 3.49. The standard InChI is InChI=1S/C27H24N4O3S/c1-30(2)19-10-12-20(13-11-19)31-25(24(29-27(31)35)21-5-3-4-16-28-21)23-15-14-22(34-23)17-6-8-18(9-7-17)26(32)33/h3-16,24-25H,1-2H3,(H,29,35)(H,32,33)/t24-,25+/m0/s1. The maximum atomic E-state index is 11.2. The number of nitrogens with one attached hydrogen (secondary N) is 1. The van der Waals surface area contributed by atoms with Crippen molar-refractivity contribution < 1.29 is 14.3 Å². The number of aromatic carboxylic acids is 1. The Hall–Kier alpha value is -4.17. The lowest BCUT2D eigenvalue weighted by Gasteiger charge is -2.26. The van der Waals surface area contributed by atoms with E-state index in [0.29, 0.717) is 10.9 Å². The number of carbonyl (C=O) groups is 1. The second-order valence-corrected chi connectivity index (χ2v) is 8.88. The highest BCUT2D eigenvalue weighted by atomic mass is 32.1. The molecule has 2 aromatic carbocycles. The zero-order valence-corrected chi connectivity index (χ0v) is 20.1. The first-order valence-electron chi connectivity index (χ1n) is 11.1. The van der Waals surface area contributed by atoms with Crippen LogP contribution >= 0.6 is 12.2 Å². The van der Waals surface area contributed by atoms with E-state index in [4.69, 9.17) is 16.6 Å². The molecule has 5 rings (SSSR count). The summed E-state index contributed by atoms with van der Waals surface area (Å²) < 4.78 is 6.34. The Balaban J connectivity index is 1.55. The van der Waals surface area contributed by atoms with Crippen LogP contribution in [0.4, 0.5) is 11.4 Å². The van der Waals surface area contributed by atoms with Crippen LogP contribution in [0.2, 0.25) is 0 Å². The quantitative estimate of drug-likeness (QED) is 0.358. The molecule has 8 heteroatoms. The number of furan rings is 1. The summed E-state index contributed by atoms with van der Waals surface area (Å²) in [5.41, 5.74) is 3.92. The number of hydrogen-bond acceptors (Lipinski definition) is 5. The first kappa shape index (κ1) is 22.6. The maximum absolute atomic E-state index is 11.2. The van der Waals surface area contributed by atoms with E-state index in [1.807, 2.05) is 61.5 Å². The van der Waals surface area contributed by atoms with Crippen LogP contribution < -0.4 is 15.1 Å². The molecule has 1 aliphatic rings. The molecule has 0 unspecified atom stereocenters. The molecule has 3 heterocycles. The van der Waals surface area contributed by atoms with Gasteiger partial charge in [0.25, 0.3) is 0 Å². The first-order chi connectivity index (χ1) is 16.9. The van der Waals surface area contributed by atoms with Crippen molar-refractivity contribution in [2.45, 2.75) is 12.1 Å². The number of benzene rings is 2. The van der Waals surface area contributed by atoms with Gasteiger partial charge in [0, 0.05) is 37.2 Å². The monoisotopic (exact) mass is 484 g/mol. The molecule has 0 aliphatic carbocycles. The topological polar surface area (TPSA) is 81.8 Å². The van der Waals surface area contributed by atoms with Crippen molar-refractivity contribution >= 4 is 34.7 Å². The number of anilines is 2.